The van der Waals surface area contributed by atoms with Gasteiger partial charge in [0.25, 0.3) is 0 Å². The number of carbonyl (C=O) groups is 2. The number of hydrogen-bond acceptors (Lipinski definition) is 4. The van der Waals surface area contributed by atoms with Crippen LogP contribution in [0.2, 0.25) is 0 Å². The predicted octanol–water partition coefficient (Wildman–Crippen LogP) is 4.26. The van der Waals surface area contributed by atoms with E-state index in [-0.39, 0.29) is 16.9 Å². The summed E-state index contributed by atoms with van der Waals surface area (Å²) in [5, 5.41) is 0.664. The predicted molar refractivity (Wildman–Crippen MR) is 102 cm³/mol. The first-order valence-corrected chi connectivity index (χ1v) is 8.41. The summed E-state index contributed by atoms with van der Waals surface area (Å²) in [4.78, 5) is 37.7. The number of rotatable bonds is 4. The third-order valence-corrected chi connectivity index (χ3v) is 4.31. The summed E-state index contributed by atoms with van der Waals surface area (Å²) >= 11 is 0. The van der Waals surface area contributed by atoms with Crippen molar-refractivity contribution in [2.45, 2.75) is 0 Å². The van der Waals surface area contributed by atoms with Gasteiger partial charge in [0.15, 0.2) is 11.6 Å². The minimum atomic E-state index is -0.696. The molecule has 1 heterocycles. The van der Waals surface area contributed by atoms with Crippen LogP contribution in [0.4, 0.5) is 0 Å². The van der Waals surface area contributed by atoms with Crippen LogP contribution in [0.1, 0.15) is 31.8 Å². The van der Waals surface area contributed by atoms with Crippen LogP contribution >= 0.6 is 0 Å². The molecule has 0 atom stereocenters. The van der Waals surface area contributed by atoms with Gasteiger partial charge in [-0.15, -0.1) is 0 Å². The van der Waals surface area contributed by atoms with Gasteiger partial charge in [0.1, 0.15) is 11.1 Å². The summed E-state index contributed by atoms with van der Waals surface area (Å²) in [6.45, 7) is 0. The SMILES string of the molecule is O=C(c1ccccc1)c1cccc(C(=O)c2cc3ccccc3oc2=O)c1. The second kappa shape index (κ2) is 6.84. The van der Waals surface area contributed by atoms with E-state index >= 15 is 0 Å². The number of benzene rings is 3. The van der Waals surface area contributed by atoms with Gasteiger partial charge in [0.05, 0.1) is 0 Å². The van der Waals surface area contributed by atoms with E-state index in [1.807, 2.05) is 6.07 Å². The first-order chi connectivity index (χ1) is 13.1. The Bertz CT molecular complexity index is 1220. The van der Waals surface area contributed by atoms with Gasteiger partial charge in [-0.05, 0) is 18.2 Å². The quantitative estimate of drug-likeness (QED) is 0.406. The van der Waals surface area contributed by atoms with Gasteiger partial charge < -0.3 is 4.42 Å². The molecule has 4 aromatic rings. The highest BCUT2D eigenvalue weighted by Gasteiger charge is 2.17. The Morgan fingerprint density at radius 3 is 2.04 bits per heavy atom. The molecule has 4 heteroatoms. The molecule has 0 spiro atoms. The zero-order valence-electron chi connectivity index (χ0n) is 14.2. The van der Waals surface area contributed by atoms with E-state index in [1.54, 1.807) is 66.7 Å². The van der Waals surface area contributed by atoms with Crippen molar-refractivity contribution < 1.29 is 14.0 Å². The van der Waals surface area contributed by atoms with E-state index in [0.29, 0.717) is 22.1 Å². The van der Waals surface area contributed by atoms with Gasteiger partial charge in [-0.2, -0.15) is 0 Å². The molecular formula is C23H14O4. The average Bonchev–Trinajstić information content (AvgIpc) is 2.73. The van der Waals surface area contributed by atoms with Crippen LogP contribution in [0.5, 0.6) is 0 Å². The smallest absolute Gasteiger partial charge is 0.347 e. The lowest BCUT2D eigenvalue weighted by atomic mass is 9.98. The Kier molecular flexibility index (Phi) is 4.22. The van der Waals surface area contributed by atoms with E-state index in [4.69, 9.17) is 4.42 Å². The highest BCUT2D eigenvalue weighted by molar-refractivity contribution is 6.13. The molecule has 4 nitrogen and oxygen atoms in total. The molecule has 0 aliphatic heterocycles. The summed E-state index contributed by atoms with van der Waals surface area (Å²) in [6, 6.07) is 23.7. The van der Waals surface area contributed by atoms with Crippen LogP contribution in [0.3, 0.4) is 0 Å². The monoisotopic (exact) mass is 354 g/mol. The standard InChI is InChI=1S/C23H14O4/c24-21(15-7-2-1-3-8-15)17-10-6-11-18(13-17)22(25)19-14-16-9-4-5-12-20(16)27-23(19)26/h1-14H. The fraction of sp³-hybridized carbons (Fsp3) is 0. The molecule has 0 saturated carbocycles. The van der Waals surface area contributed by atoms with Gasteiger partial charge in [-0.25, -0.2) is 4.79 Å². The maximum atomic E-state index is 12.9. The number of hydrogen-bond donors (Lipinski definition) is 0. The number of carbonyl (C=O) groups excluding carboxylic acids is 2. The lowest BCUT2D eigenvalue weighted by Crippen LogP contribution is -2.15. The molecule has 0 aliphatic carbocycles. The molecule has 0 bridgehead atoms. The summed E-state index contributed by atoms with van der Waals surface area (Å²) in [5.41, 5.74) is 0.854. The summed E-state index contributed by atoms with van der Waals surface area (Å²) in [7, 11) is 0. The first kappa shape index (κ1) is 16.7. The largest absolute Gasteiger partial charge is 0.422 e. The summed E-state index contributed by atoms with van der Waals surface area (Å²) in [6.07, 6.45) is 0. The molecule has 0 fully saturated rings. The van der Waals surface area contributed by atoms with Crippen LogP contribution in [0, 0.1) is 0 Å². The topological polar surface area (TPSA) is 64.3 Å². The van der Waals surface area contributed by atoms with Crippen LogP contribution in [0.15, 0.2) is 94.1 Å². The highest BCUT2D eigenvalue weighted by atomic mass is 16.4. The fourth-order valence-electron chi connectivity index (χ4n) is 2.93. The molecule has 0 unspecified atom stereocenters. The van der Waals surface area contributed by atoms with Crippen molar-refractivity contribution in [3.8, 4) is 0 Å². The maximum absolute atomic E-state index is 12.9. The zero-order valence-corrected chi connectivity index (χ0v) is 14.2. The molecule has 0 amide bonds. The van der Waals surface area contributed by atoms with Gasteiger partial charge in [-0.3, -0.25) is 9.59 Å². The molecule has 0 N–H and O–H groups in total. The average molecular weight is 354 g/mol. The number of fused-ring (bicyclic) bond motifs is 1. The Labute approximate surface area is 154 Å². The third-order valence-electron chi connectivity index (χ3n) is 4.31. The van der Waals surface area contributed by atoms with Crippen molar-refractivity contribution in [2.24, 2.45) is 0 Å². The van der Waals surface area contributed by atoms with Crippen molar-refractivity contribution in [3.63, 3.8) is 0 Å². The van der Waals surface area contributed by atoms with Crippen molar-refractivity contribution in [1.29, 1.82) is 0 Å². The summed E-state index contributed by atoms with van der Waals surface area (Å²) < 4.78 is 5.24. The zero-order chi connectivity index (χ0) is 18.8. The van der Waals surface area contributed by atoms with E-state index in [9.17, 15) is 14.4 Å². The Morgan fingerprint density at radius 2 is 1.26 bits per heavy atom. The molecular weight excluding hydrogens is 340 g/mol. The molecule has 0 aliphatic rings. The van der Waals surface area contributed by atoms with Crippen LogP contribution in [-0.2, 0) is 0 Å². The molecule has 0 radical (unpaired) electrons. The molecule has 0 saturated heterocycles. The minimum absolute atomic E-state index is 0.0574. The van der Waals surface area contributed by atoms with Crippen LogP contribution in [-0.4, -0.2) is 11.6 Å². The van der Waals surface area contributed by atoms with E-state index in [2.05, 4.69) is 0 Å². The molecule has 3 aromatic carbocycles. The Hall–Kier alpha value is -3.79. The first-order valence-electron chi connectivity index (χ1n) is 8.41. The van der Waals surface area contributed by atoms with E-state index in [0.717, 1.165) is 0 Å². The fourth-order valence-corrected chi connectivity index (χ4v) is 2.93. The molecule has 130 valence electrons. The van der Waals surface area contributed by atoms with E-state index < -0.39 is 11.4 Å². The van der Waals surface area contributed by atoms with Crippen molar-refractivity contribution >= 4 is 22.5 Å². The van der Waals surface area contributed by atoms with Gasteiger partial charge in [0.2, 0.25) is 0 Å². The van der Waals surface area contributed by atoms with Crippen molar-refractivity contribution in [1.82, 2.24) is 0 Å². The molecule has 4 rings (SSSR count). The molecule has 27 heavy (non-hydrogen) atoms. The normalized spacial score (nSPS) is 10.7. The van der Waals surface area contributed by atoms with E-state index in [1.165, 1.54) is 12.1 Å². The highest BCUT2D eigenvalue weighted by Crippen LogP contribution is 2.17. The van der Waals surface area contributed by atoms with Crippen molar-refractivity contribution in [3.05, 3.63) is 118 Å². The second-order valence-corrected chi connectivity index (χ2v) is 6.09. The minimum Gasteiger partial charge on any atom is -0.422 e. The maximum Gasteiger partial charge on any atom is 0.347 e. The van der Waals surface area contributed by atoms with Gasteiger partial charge >= 0.3 is 5.63 Å². The van der Waals surface area contributed by atoms with Crippen LogP contribution < -0.4 is 5.63 Å². The molecule has 1 aromatic heterocycles. The lowest BCUT2D eigenvalue weighted by molar-refractivity contribution is 0.103. The van der Waals surface area contributed by atoms with Gasteiger partial charge in [-0.1, -0.05) is 66.7 Å². The van der Waals surface area contributed by atoms with Crippen molar-refractivity contribution in [2.75, 3.05) is 0 Å². The van der Waals surface area contributed by atoms with Crippen LogP contribution in [0.25, 0.3) is 11.0 Å². The second-order valence-electron chi connectivity index (χ2n) is 6.09. The summed E-state index contributed by atoms with van der Waals surface area (Å²) in [5.74, 6) is -0.659. The Morgan fingerprint density at radius 1 is 0.630 bits per heavy atom. The number of ketones is 2. The number of para-hydroxylation sites is 1. The lowest BCUT2D eigenvalue weighted by Gasteiger charge is -2.05. The van der Waals surface area contributed by atoms with Gasteiger partial charge in [0, 0.05) is 22.1 Å². The third kappa shape index (κ3) is 3.20. The Balaban J connectivity index is 1.74.